The van der Waals surface area contributed by atoms with Gasteiger partial charge in [-0.05, 0) is 24.2 Å². The molecule has 2 rings (SSSR count). The molecule has 8 nitrogen and oxygen atoms in total. The van der Waals surface area contributed by atoms with Crippen LogP contribution in [0.3, 0.4) is 0 Å². The minimum atomic E-state index is -0.822. The van der Waals surface area contributed by atoms with Crippen LogP contribution in [0.15, 0.2) is 17.5 Å². The maximum atomic E-state index is 12.8. The lowest BCUT2D eigenvalue weighted by Gasteiger charge is -2.23. The monoisotopic (exact) mass is 484 g/mol. The summed E-state index contributed by atoms with van der Waals surface area (Å²) in [6.45, 7) is 3.87. The number of rotatable bonds is 4. The van der Waals surface area contributed by atoms with Gasteiger partial charge in [0, 0.05) is 17.6 Å². The smallest absolute Gasteiger partial charge is 0.329 e. The Balaban J connectivity index is 2.21. The van der Waals surface area contributed by atoms with Gasteiger partial charge < -0.3 is 15.4 Å². The summed E-state index contributed by atoms with van der Waals surface area (Å²) in [5.74, 6) is -0.321. The lowest BCUT2D eigenvalue weighted by Crippen LogP contribution is -2.46. The van der Waals surface area contributed by atoms with Gasteiger partial charge in [-0.25, -0.2) is 9.78 Å². The summed E-state index contributed by atoms with van der Waals surface area (Å²) in [4.78, 5) is 41.9. The van der Waals surface area contributed by atoms with E-state index in [9.17, 15) is 14.4 Å². The van der Waals surface area contributed by atoms with Crippen LogP contribution in [-0.4, -0.2) is 51.5 Å². The number of carbonyl (C=O) groups excluding carboxylic acids is 3. The first-order valence-corrected chi connectivity index (χ1v) is 12.5. The number of allylic oxidation sites excluding steroid dienone is 1. The molecule has 0 aromatic carbocycles. The Labute approximate surface area is 195 Å². The van der Waals surface area contributed by atoms with Gasteiger partial charge in [-0.1, -0.05) is 19.9 Å². The summed E-state index contributed by atoms with van der Waals surface area (Å²) in [5, 5.41) is 16.4. The number of thioether (sulfide) groups is 1. The second-order valence-electron chi connectivity index (χ2n) is 7.24. The zero-order valence-corrected chi connectivity index (χ0v) is 20.1. The number of nitrogens with one attached hydrogen (secondary N) is 3. The molecule has 2 heterocycles. The number of thiol groups is 1. The Morgan fingerprint density at radius 2 is 2.13 bits per heavy atom. The first kappa shape index (κ1) is 25.4. The third kappa shape index (κ3) is 8.66. The van der Waals surface area contributed by atoms with Gasteiger partial charge in [0.2, 0.25) is 11.8 Å². The second-order valence-corrected chi connectivity index (χ2v) is 9.73. The Morgan fingerprint density at radius 1 is 1.35 bits per heavy atom. The van der Waals surface area contributed by atoms with Crippen molar-refractivity contribution in [3.05, 3.63) is 28.2 Å². The van der Waals surface area contributed by atoms with Gasteiger partial charge in [0.05, 0.1) is 13.0 Å². The van der Waals surface area contributed by atoms with Crippen molar-refractivity contribution in [2.24, 2.45) is 5.92 Å². The summed E-state index contributed by atoms with van der Waals surface area (Å²) < 4.78 is 5.58. The first-order valence-electron chi connectivity index (χ1n) is 10.00. The van der Waals surface area contributed by atoms with Gasteiger partial charge in [0.25, 0.3) is 0 Å². The number of esters is 1. The molecule has 0 aliphatic carbocycles. The van der Waals surface area contributed by atoms with Crippen LogP contribution >= 0.6 is 35.7 Å². The predicted molar refractivity (Wildman–Crippen MR) is 127 cm³/mol. The molecular weight excluding hydrogens is 456 g/mol. The fraction of sp³-hybridized carbons (Fsp3) is 0.550. The number of thiazole rings is 1. The van der Waals surface area contributed by atoms with Crippen molar-refractivity contribution in [1.29, 1.82) is 5.41 Å². The summed E-state index contributed by atoms with van der Waals surface area (Å²) in [6, 6.07) is -0.822. The van der Waals surface area contributed by atoms with E-state index >= 15 is 0 Å². The van der Waals surface area contributed by atoms with Crippen LogP contribution < -0.4 is 10.6 Å². The highest BCUT2D eigenvalue weighted by atomic mass is 32.2. The Kier molecular flexibility index (Phi) is 10.6. The summed E-state index contributed by atoms with van der Waals surface area (Å²) >= 11 is 6.73. The fourth-order valence-electron chi connectivity index (χ4n) is 2.68. The molecule has 0 radical (unpaired) electrons. The average Bonchev–Trinajstić information content (AvgIpc) is 3.19. The summed E-state index contributed by atoms with van der Waals surface area (Å²) in [7, 11) is 0. The number of aromatic nitrogens is 1. The van der Waals surface area contributed by atoms with Crippen molar-refractivity contribution in [3.63, 3.8) is 0 Å². The molecule has 2 atom stereocenters. The van der Waals surface area contributed by atoms with E-state index in [1.807, 2.05) is 19.9 Å². The molecule has 1 aromatic heterocycles. The van der Waals surface area contributed by atoms with Crippen molar-refractivity contribution in [2.75, 3.05) is 11.5 Å². The number of ether oxygens (including phenoxy) is 1. The Morgan fingerprint density at radius 3 is 2.84 bits per heavy atom. The molecule has 1 aromatic rings. The number of nitrogens with zero attached hydrogens (tertiary/aromatic N) is 1. The molecule has 31 heavy (non-hydrogen) atoms. The van der Waals surface area contributed by atoms with Crippen molar-refractivity contribution < 1.29 is 19.1 Å². The normalized spacial score (nSPS) is 22.2. The first-order chi connectivity index (χ1) is 14.8. The van der Waals surface area contributed by atoms with E-state index in [1.165, 1.54) is 23.1 Å². The van der Waals surface area contributed by atoms with Gasteiger partial charge >= 0.3 is 5.97 Å². The molecule has 0 saturated carbocycles. The molecule has 0 saturated heterocycles. The number of cyclic esters (lactones) is 1. The van der Waals surface area contributed by atoms with Crippen LogP contribution in [0.4, 0.5) is 0 Å². The molecule has 1 unspecified atom stereocenters. The molecule has 11 heteroatoms. The summed E-state index contributed by atoms with van der Waals surface area (Å²) in [5.41, 5.74) is 0.523. The lowest BCUT2D eigenvalue weighted by molar-refractivity contribution is -0.153. The number of hydrogen-bond acceptors (Lipinski definition) is 9. The molecule has 0 spiro atoms. The molecular formula is C20H28N4O4S3. The topological polar surface area (TPSA) is 121 Å². The van der Waals surface area contributed by atoms with E-state index in [0.29, 0.717) is 28.6 Å². The maximum absolute atomic E-state index is 12.8. The zero-order valence-electron chi connectivity index (χ0n) is 17.6. The quantitative estimate of drug-likeness (QED) is 0.296. The van der Waals surface area contributed by atoms with Gasteiger partial charge in [0.15, 0.2) is 0 Å². The highest BCUT2D eigenvalue weighted by molar-refractivity contribution is 8.14. The van der Waals surface area contributed by atoms with E-state index in [1.54, 1.807) is 11.5 Å². The van der Waals surface area contributed by atoms with Gasteiger partial charge in [-0.15, -0.1) is 23.1 Å². The SMILES string of the molecule is CC(C)[C@@H]1NC(=O)CCSC(=N)c2csc(n2)CNC(=O)CC(/C=C/CCS)OC1=O. The number of carbonyl (C=O) groups is 3. The molecule has 1 aliphatic heterocycles. The highest BCUT2D eigenvalue weighted by Gasteiger charge is 2.28. The van der Waals surface area contributed by atoms with Crippen LogP contribution in [0, 0.1) is 11.3 Å². The number of fused-ring (bicyclic) bond motifs is 2. The van der Waals surface area contributed by atoms with E-state index < -0.39 is 18.1 Å². The number of hydrogen-bond donors (Lipinski definition) is 4. The van der Waals surface area contributed by atoms with Crippen LogP contribution in [0.5, 0.6) is 0 Å². The van der Waals surface area contributed by atoms with Crippen LogP contribution in [0.1, 0.15) is 43.8 Å². The Bertz CT molecular complexity index is 825. The molecule has 1 aliphatic rings. The van der Waals surface area contributed by atoms with E-state index in [-0.39, 0.29) is 42.2 Å². The average molecular weight is 485 g/mol. The van der Waals surface area contributed by atoms with Gasteiger partial charge in [0.1, 0.15) is 27.9 Å². The highest BCUT2D eigenvalue weighted by Crippen LogP contribution is 2.17. The van der Waals surface area contributed by atoms with Crippen LogP contribution in [0.25, 0.3) is 0 Å². The summed E-state index contributed by atoms with van der Waals surface area (Å²) in [6.07, 6.45) is 3.54. The minimum Gasteiger partial charge on any atom is -0.456 e. The van der Waals surface area contributed by atoms with Crippen molar-refractivity contribution >= 4 is 58.6 Å². The van der Waals surface area contributed by atoms with E-state index in [2.05, 4.69) is 28.2 Å². The van der Waals surface area contributed by atoms with Crippen molar-refractivity contribution in [1.82, 2.24) is 15.6 Å². The van der Waals surface area contributed by atoms with Crippen LogP contribution in [-0.2, 0) is 25.7 Å². The Hall–Kier alpha value is -1.85. The largest absolute Gasteiger partial charge is 0.456 e. The third-order valence-corrected chi connectivity index (χ3v) is 6.35. The second kappa shape index (κ2) is 12.9. The van der Waals surface area contributed by atoms with Crippen molar-refractivity contribution in [2.45, 2.75) is 51.8 Å². The van der Waals surface area contributed by atoms with Gasteiger partial charge in [-0.3, -0.25) is 15.0 Å². The van der Waals surface area contributed by atoms with E-state index in [0.717, 1.165) is 0 Å². The van der Waals surface area contributed by atoms with E-state index in [4.69, 9.17) is 10.1 Å². The molecule has 3 N–H and O–H groups in total. The molecule has 0 fully saturated rings. The van der Waals surface area contributed by atoms with Gasteiger partial charge in [-0.2, -0.15) is 12.6 Å². The maximum Gasteiger partial charge on any atom is 0.329 e. The predicted octanol–water partition coefficient (Wildman–Crippen LogP) is 2.54. The van der Waals surface area contributed by atoms with Crippen molar-refractivity contribution in [3.8, 4) is 0 Å². The lowest BCUT2D eigenvalue weighted by atomic mass is 10.0. The fourth-order valence-corrected chi connectivity index (χ4v) is 4.38. The third-order valence-electron chi connectivity index (χ3n) is 4.33. The molecule has 2 amide bonds. The molecule has 170 valence electrons. The minimum absolute atomic E-state index is 0.0442. The zero-order chi connectivity index (χ0) is 22.8. The standard InChI is InChI=1S/C20H28N4O4S3/c1-12(2)18-20(27)28-13(5-3-4-7-29)9-16(26)22-10-17-23-14(11-31-17)19(21)30-8-6-15(25)24-18/h3,5,11-13,18,21,29H,4,6-10H2,1-2H3,(H,22,26)(H,24,25)/b5-3+,21-19?/t13?,18-/m0/s1. The molecule has 2 bridgehead atoms. The number of amides is 2. The van der Waals surface area contributed by atoms with Crippen LogP contribution in [0.2, 0.25) is 0 Å².